The fraction of sp³-hybridized carbons (Fsp3) is 0.350. The lowest BCUT2D eigenvalue weighted by atomic mass is 9.95. The normalized spacial score (nSPS) is 16.0. The predicted molar refractivity (Wildman–Crippen MR) is 98.5 cm³/mol. The summed E-state index contributed by atoms with van der Waals surface area (Å²) in [6.07, 6.45) is -0.0685. The first kappa shape index (κ1) is 18.1. The molecule has 1 aliphatic rings. The summed E-state index contributed by atoms with van der Waals surface area (Å²) in [5.74, 6) is 1.12. The Labute approximate surface area is 152 Å². The lowest BCUT2D eigenvalue weighted by Gasteiger charge is -2.33. The van der Waals surface area contributed by atoms with Gasteiger partial charge in [0.2, 0.25) is 5.75 Å². The minimum Gasteiger partial charge on any atom is -0.493 e. The van der Waals surface area contributed by atoms with Crippen LogP contribution in [0.15, 0.2) is 30.3 Å². The number of ether oxygens (including phenoxy) is 3. The zero-order chi connectivity index (χ0) is 18.8. The van der Waals surface area contributed by atoms with Gasteiger partial charge in [-0.2, -0.15) is 0 Å². The fourth-order valence-corrected chi connectivity index (χ4v) is 3.40. The quantitative estimate of drug-likeness (QED) is 0.911. The van der Waals surface area contributed by atoms with Crippen molar-refractivity contribution in [1.29, 1.82) is 0 Å². The van der Waals surface area contributed by atoms with Gasteiger partial charge in [-0.25, -0.2) is 0 Å². The van der Waals surface area contributed by atoms with Crippen LogP contribution in [0, 0.1) is 6.92 Å². The molecule has 1 unspecified atom stereocenters. The molecule has 1 amide bonds. The first-order valence-corrected chi connectivity index (χ1v) is 8.41. The van der Waals surface area contributed by atoms with Crippen molar-refractivity contribution in [3.8, 4) is 17.2 Å². The Morgan fingerprint density at radius 2 is 1.77 bits per heavy atom. The number of amides is 1. The topological polar surface area (TPSA) is 68.2 Å². The van der Waals surface area contributed by atoms with Gasteiger partial charge in [0, 0.05) is 17.7 Å². The molecule has 1 aliphatic heterocycles. The molecule has 0 saturated heterocycles. The van der Waals surface area contributed by atoms with Gasteiger partial charge in [-0.3, -0.25) is 4.79 Å². The highest BCUT2D eigenvalue weighted by molar-refractivity contribution is 6.08. The van der Waals surface area contributed by atoms with Crippen molar-refractivity contribution in [3.05, 3.63) is 47.0 Å². The highest BCUT2D eigenvalue weighted by atomic mass is 16.5. The molecule has 0 radical (unpaired) electrons. The van der Waals surface area contributed by atoms with Gasteiger partial charge in [-0.05, 0) is 31.0 Å². The van der Waals surface area contributed by atoms with E-state index in [9.17, 15) is 9.90 Å². The standard InChI is InChI=1S/C20H23NO5/c1-12-6-5-7-14-15(22)8-9-21(18(12)14)20(23)13-10-16(24-2)19(26-4)17(11-13)25-3/h5-7,10-11,15,22H,8-9H2,1-4H3. The van der Waals surface area contributed by atoms with Crippen molar-refractivity contribution >= 4 is 11.6 Å². The Hall–Kier alpha value is -2.73. The van der Waals surface area contributed by atoms with Gasteiger partial charge in [0.25, 0.3) is 5.91 Å². The summed E-state index contributed by atoms with van der Waals surface area (Å²) in [6.45, 7) is 2.38. The molecule has 1 atom stereocenters. The molecule has 1 heterocycles. The summed E-state index contributed by atoms with van der Waals surface area (Å²) in [5.41, 5.74) is 2.93. The van der Waals surface area contributed by atoms with Gasteiger partial charge in [-0.15, -0.1) is 0 Å². The molecule has 2 aromatic carbocycles. The summed E-state index contributed by atoms with van der Waals surface area (Å²) in [5, 5.41) is 10.3. The van der Waals surface area contributed by atoms with Crippen LogP contribution in [0.3, 0.4) is 0 Å². The Bertz CT molecular complexity index is 808. The van der Waals surface area contributed by atoms with Crippen LogP contribution in [0.1, 0.15) is 34.0 Å². The number of hydrogen-bond acceptors (Lipinski definition) is 5. The number of anilines is 1. The van der Waals surface area contributed by atoms with E-state index in [4.69, 9.17) is 14.2 Å². The van der Waals surface area contributed by atoms with Crippen LogP contribution in [0.4, 0.5) is 5.69 Å². The maximum absolute atomic E-state index is 13.2. The van der Waals surface area contributed by atoms with Crippen LogP contribution in [0.5, 0.6) is 17.2 Å². The van der Waals surface area contributed by atoms with Gasteiger partial charge in [0.1, 0.15) is 0 Å². The van der Waals surface area contributed by atoms with Crippen LogP contribution in [-0.4, -0.2) is 38.9 Å². The van der Waals surface area contributed by atoms with E-state index in [1.807, 2.05) is 25.1 Å². The van der Waals surface area contributed by atoms with E-state index in [1.54, 1.807) is 17.0 Å². The number of carbonyl (C=O) groups excluding carboxylic acids is 1. The number of aliphatic hydroxyl groups is 1. The number of hydrogen-bond donors (Lipinski definition) is 1. The lowest BCUT2D eigenvalue weighted by molar-refractivity contribution is 0.0969. The summed E-state index contributed by atoms with van der Waals surface area (Å²) in [4.78, 5) is 15.0. The number of aliphatic hydroxyl groups excluding tert-OH is 1. The third kappa shape index (κ3) is 2.97. The second-order valence-electron chi connectivity index (χ2n) is 6.19. The van der Waals surface area contributed by atoms with Gasteiger partial charge in [0.15, 0.2) is 11.5 Å². The SMILES string of the molecule is COc1cc(C(=O)N2CCC(O)c3cccc(C)c32)cc(OC)c1OC. The highest BCUT2D eigenvalue weighted by Crippen LogP contribution is 2.41. The molecule has 1 N–H and O–H groups in total. The van der Waals surface area contributed by atoms with Crippen molar-refractivity contribution in [2.24, 2.45) is 0 Å². The van der Waals surface area contributed by atoms with Crippen LogP contribution < -0.4 is 19.1 Å². The van der Waals surface area contributed by atoms with Crippen LogP contribution in [0.2, 0.25) is 0 Å². The maximum atomic E-state index is 13.2. The van der Waals surface area contributed by atoms with E-state index in [0.717, 1.165) is 16.8 Å². The number of nitrogens with zero attached hydrogens (tertiary/aromatic N) is 1. The van der Waals surface area contributed by atoms with E-state index in [0.29, 0.717) is 35.8 Å². The minimum atomic E-state index is -0.561. The van der Waals surface area contributed by atoms with Gasteiger partial charge >= 0.3 is 0 Å². The largest absolute Gasteiger partial charge is 0.493 e. The Kier molecular flexibility index (Phi) is 5.04. The summed E-state index contributed by atoms with van der Waals surface area (Å²) in [7, 11) is 4.55. The minimum absolute atomic E-state index is 0.174. The Balaban J connectivity index is 2.08. The second kappa shape index (κ2) is 7.25. The van der Waals surface area contributed by atoms with Gasteiger partial charge in [0.05, 0.1) is 33.1 Å². The molecular weight excluding hydrogens is 334 g/mol. The summed E-state index contributed by atoms with van der Waals surface area (Å²) < 4.78 is 16.0. The monoisotopic (exact) mass is 357 g/mol. The molecule has 0 aliphatic carbocycles. The van der Waals surface area contributed by atoms with E-state index in [2.05, 4.69) is 0 Å². The van der Waals surface area contributed by atoms with E-state index in [-0.39, 0.29) is 5.91 Å². The number of fused-ring (bicyclic) bond motifs is 1. The fourth-order valence-electron chi connectivity index (χ4n) is 3.40. The van der Waals surface area contributed by atoms with Crippen molar-refractivity contribution in [3.63, 3.8) is 0 Å². The maximum Gasteiger partial charge on any atom is 0.258 e. The van der Waals surface area contributed by atoms with E-state index < -0.39 is 6.10 Å². The van der Waals surface area contributed by atoms with Crippen LogP contribution in [-0.2, 0) is 0 Å². The molecular formula is C20H23NO5. The molecule has 6 nitrogen and oxygen atoms in total. The first-order chi connectivity index (χ1) is 12.5. The third-order valence-electron chi connectivity index (χ3n) is 4.68. The van der Waals surface area contributed by atoms with Crippen molar-refractivity contribution in [1.82, 2.24) is 0 Å². The average Bonchev–Trinajstić information content (AvgIpc) is 2.67. The zero-order valence-corrected chi connectivity index (χ0v) is 15.4. The number of rotatable bonds is 4. The van der Waals surface area contributed by atoms with Crippen molar-refractivity contribution in [2.75, 3.05) is 32.8 Å². The van der Waals surface area contributed by atoms with Crippen molar-refractivity contribution in [2.45, 2.75) is 19.4 Å². The van der Waals surface area contributed by atoms with E-state index in [1.165, 1.54) is 21.3 Å². The predicted octanol–water partition coefficient (Wildman–Crippen LogP) is 3.10. The van der Waals surface area contributed by atoms with Gasteiger partial charge < -0.3 is 24.2 Å². The van der Waals surface area contributed by atoms with Crippen molar-refractivity contribution < 1.29 is 24.1 Å². The molecule has 0 spiro atoms. The first-order valence-electron chi connectivity index (χ1n) is 8.41. The molecule has 0 fully saturated rings. The Morgan fingerprint density at radius 3 is 2.35 bits per heavy atom. The highest BCUT2D eigenvalue weighted by Gasteiger charge is 2.30. The molecule has 138 valence electrons. The smallest absolute Gasteiger partial charge is 0.258 e. The number of aryl methyl sites for hydroxylation is 1. The zero-order valence-electron chi connectivity index (χ0n) is 15.4. The molecule has 26 heavy (non-hydrogen) atoms. The van der Waals surface area contributed by atoms with Crippen LogP contribution >= 0.6 is 0 Å². The molecule has 0 bridgehead atoms. The number of carbonyl (C=O) groups is 1. The van der Waals surface area contributed by atoms with E-state index >= 15 is 0 Å². The lowest BCUT2D eigenvalue weighted by Crippen LogP contribution is -2.37. The molecule has 2 aromatic rings. The van der Waals surface area contributed by atoms with Crippen LogP contribution in [0.25, 0.3) is 0 Å². The van der Waals surface area contributed by atoms with Gasteiger partial charge in [-0.1, -0.05) is 18.2 Å². The number of methoxy groups -OCH3 is 3. The summed E-state index contributed by atoms with van der Waals surface area (Å²) >= 11 is 0. The molecule has 0 saturated carbocycles. The second-order valence-corrected chi connectivity index (χ2v) is 6.19. The average molecular weight is 357 g/mol. The third-order valence-corrected chi connectivity index (χ3v) is 4.68. The Morgan fingerprint density at radius 1 is 1.12 bits per heavy atom. The summed E-state index contributed by atoms with van der Waals surface area (Å²) in [6, 6.07) is 8.98. The number of para-hydroxylation sites is 1. The molecule has 0 aromatic heterocycles. The molecule has 3 rings (SSSR count). The number of benzene rings is 2. The molecule has 6 heteroatoms.